The van der Waals surface area contributed by atoms with Crippen LogP contribution in [0.5, 0.6) is 5.75 Å². The molecule has 0 aliphatic carbocycles. The van der Waals surface area contributed by atoms with Crippen molar-refractivity contribution in [2.75, 3.05) is 33.9 Å². The zero-order valence-electron chi connectivity index (χ0n) is 14.7. The smallest absolute Gasteiger partial charge is 0.158 e. The van der Waals surface area contributed by atoms with E-state index in [1.807, 2.05) is 36.4 Å². The zero-order chi connectivity index (χ0) is 17.6. The van der Waals surface area contributed by atoms with Crippen molar-refractivity contribution in [2.45, 2.75) is 13.0 Å². The number of hydrogen-bond acceptors (Lipinski definition) is 5. The summed E-state index contributed by atoms with van der Waals surface area (Å²) >= 11 is 0. The Bertz CT molecular complexity index is 812. The molecule has 0 radical (unpaired) electrons. The minimum atomic E-state index is 0.0342. The van der Waals surface area contributed by atoms with Crippen molar-refractivity contribution >= 4 is 11.0 Å². The van der Waals surface area contributed by atoms with Crippen molar-refractivity contribution in [3.05, 3.63) is 42.6 Å². The monoisotopic (exact) mass is 340 g/mol. The van der Waals surface area contributed by atoms with E-state index in [0.29, 0.717) is 13.2 Å². The Kier molecular flexibility index (Phi) is 5.63. The van der Waals surface area contributed by atoms with Gasteiger partial charge in [0, 0.05) is 23.7 Å². The predicted molar refractivity (Wildman–Crippen MR) is 98.7 cm³/mol. The van der Waals surface area contributed by atoms with Crippen LogP contribution in [0, 0.1) is 0 Å². The third kappa shape index (κ3) is 4.15. The first-order valence-electron chi connectivity index (χ1n) is 8.49. The number of aromatic nitrogens is 3. The predicted octanol–water partition coefficient (Wildman–Crippen LogP) is 2.42. The van der Waals surface area contributed by atoms with Gasteiger partial charge in [0.15, 0.2) is 5.65 Å². The summed E-state index contributed by atoms with van der Waals surface area (Å²) in [6.07, 6.45) is 2.74. The van der Waals surface area contributed by atoms with Crippen LogP contribution >= 0.6 is 0 Å². The third-order valence-electron chi connectivity index (χ3n) is 3.96. The summed E-state index contributed by atoms with van der Waals surface area (Å²) in [4.78, 5) is 6.54. The van der Waals surface area contributed by atoms with Crippen LogP contribution in [-0.2, 0) is 6.54 Å². The van der Waals surface area contributed by atoms with Crippen LogP contribution in [0.1, 0.15) is 6.42 Å². The fraction of sp³-hybridized carbons (Fsp3) is 0.368. The molecular formula is C19H24N4O2. The van der Waals surface area contributed by atoms with Crippen molar-refractivity contribution in [1.82, 2.24) is 19.7 Å². The summed E-state index contributed by atoms with van der Waals surface area (Å²) in [7, 11) is 4.12. The molecule has 3 rings (SSSR count). The van der Waals surface area contributed by atoms with Gasteiger partial charge in [-0.15, -0.1) is 0 Å². The lowest BCUT2D eigenvalue weighted by atomic mass is 10.1. The molecule has 1 N–H and O–H groups in total. The second kappa shape index (κ2) is 8.09. The number of ether oxygens (including phenoxy) is 1. The summed E-state index contributed by atoms with van der Waals surface area (Å²) in [6, 6.07) is 11.9. The first-order valence-corrected chi connectivity index (χ1v) is 8.49. The van der Waals surface area contributed by atoms with Gasteiger partial charge in [-0.1, -0.05) is 0 Å². The summed E-state index contributed by atoms with van der Waals surface area (Å²) in [5.41, 5.74) is 2.67. The van der Waals surface area contributed by atoms with Crippen LogP contribution in [0.25, 0.3) is 22.3 Å². The molecule has 2 aromatic heterocycles. The molecule has 0 spiro atoms. The van der Waals surface area contributed by atoms with Gasteiger partial charge in [0.05, 0.1) is 19.8 Å². The third-order valence-corrected chi connectivity index (χ3v) is 3.96. The summed E-state index contributed by atoms with van der Waals surface area (Å²) in [6.45, 7) is 2.18. The molecule has 0 saturated heterocycles. The quantitative estimate of drug-likeness (QED) is 0.638. The lowest BCUT2D eigenvalue weighted by molar-refractivity contribution is 0.271. The largest absolute Gasteiger partial charge is 0.494 e. The van der Waals surface area contributed by atoms with Gasteiger partial charge in [0.25, 0.3) is 0 Å². The standard InChI is InChI=1S/C19H24N4O2/c1-22(2)11-4-14-25-16-8-6-15(7-9-16)18-17-5-3-10-20-19(17)23(21-18)12-13-24/h3,5-10,24H,4,11-14H2,1-2H3. The van der Waals surface area contributed by atoms with Crippen LogP contribution in [0.15, 0.2) is 42.6 Å². The number of fused-ring (bicyclic) bond motifs is 1. The molecule has 0 aliphatic heterocycles. The summed E-state index contributed by atoms with van der Waals surface area (Å²) in [5.74, 6) is 0.861. The first kappa shape index (κ1) is 17.4. The van der Waals surface area contributed by atoms with E-state index in [0.717, 1.165) is 41.0 Å². The molecule has 0 bridgehead atoms. The van der Waals surface area contributed by atoms with Gasteiger partial charge >= 0.3 is 0 Å². The molecule has 1 aromatic carbocycles. The second-order valence-corrected chi connectivity index (χ2v) is 6.20. The highest BCUT2D eigenvalue weighted by atomic mass is 16.5. The van der Waals surface area contributed by atoms with Gasteiger partial charge in [-0.3, -0.25) is 0 Å². The highest BCUT2D eigenvalue weighted by Gasteiger charge is 2.12. The molecule has 132 valence electrons. The first-order chi connectivity index (χ1) is 12.2. The van der Waals surface area contributed by atoms with Crippen molar-refractivity contribution < 1.29 is 9.84 Å². The van der Waals surface area contributed by atoms with Crippen molar-refractivity contribution in [1.29, 1.82) is 0 Å². The molecule has 6 heteroatoms. The van der Waals surface area contributed by atoms with Gasteiger partial charge in [-0.25, -0.2) is 9.67 Å². The number of pyridine rings is 1. The topological polar surface area (TPSA) is 63.4 Å². The highest BCUT2D eigenvalue weighted by molar-refractivity contribution is 5.91. The molecule has 0 aliphatic rings. The van der Waals surface area contributed by atoms with Gasteiger partial charge < -0.3 is 14.7 Å². The van der Waals surface area contributed by atoms with Crippen LogP contribution in [0.2, 0.25) is 0 Å². The van der Waals surface area contributed by atoms with E-state index in [9.17, 15) is 5.11 Å². The average Bonchev–Trinajstić information content (AvgIpc) is 2.98. The van der Waals surface area contributed by atoms with Crippen LogP contribution in [0.4, 0.5) is 0 Å². The van der Waals surface area contributed by atoms with E-state index in [4.69, 9.17) is 4.74 Å². The molecule has 0 fully saturated rings. The molecule has 0 atom stereocenters. The number of benzene rings is 1. The molecule has 2 heterocycles. The van der Waals surface area contributed by atoms with Crippen LogP contribution in [-0.4, -0.2) is 58.6 Å². The number of aliphatic hydroxyl groups is 1. The maximum atomic E-state index is 9.22. The Hall–Kier alpha value is -2.44. The molecule has 6 nitrogen and oxygen atoms in total. The molecular weight excluding hydrogens is 316 g/mol. The normalized spacial score (nSPS) is 11.4. The number of aliphatic hydroxyl groups excluding tert-OH is 1. The highest BCUT2D eigenvalue weighted by Crippen LogP contribution is 2.28. The Labute approximate surface area is 147 Å². The minimum absolute atomic E-state index is 0.0342. The van der Waals surface area contributed by atoms with E-state index in [1.165, 1.54) is 0 Å². The maximum Gasteiger partial charge on any atom is 0.158 e. The average molecular weight is 340 g/mol. The molecule has 0 unspecified atom stereocenters. The summed E-state index contributed by atoms with van der Waals surface area (Å²) in [5, 5.41) is 14.8. The van der Waals surface area contributed by atoms with E-state index in [2.05, 4.69) is 29.1 Å². The van der Waals surface area contributed by atoms with Gasteiger partial charge in [0.2, 0.25) is 0 Å². The fourth-order valence-electron chi connectivity index (χ4n) is 2.75. The van der Waals surface area contributed by atoms with Crippen molar-refractivity contribution in [3.8, 4) is 17.0 Å². The number of nitrogens with zero attached hydrogens (tertiary/aromatic N) is 4. The maximum absolute atomic E-state index is 9.22. The second-order valence-electron chi connectivity index (χ2n) is 6.20. The Morgan fingerprint density at radius 1 is 1.16 bits per heavy atom. The van der Waals surface area contributed by atoms with Crippen molar-refractivity contribution in [3.63, 3.8) is 0 Å². The van der Waals surface area contributed by atoms with Crippen LogP contribution < -0.4 is 4.74 Å². The number of hydrogen-bond donors (Lipinski definition) is 1. The molecule has 3 aromatic rings. The Morgan fingerprint density at radius 3 is 2.68 bits per heavy atom. The SMILES string of the molecule is CN(C)CCCOc1ccc(-c2nn(CCO)c3ncccc23)cc1. The van der Waals surface area contributed by atoms with Crippen LogP contribution in [0.3, 0.4) is 0 Å². The lowest BCUT2D eigenvalue weighted by Crippen LogP contribution is -2.15. The van der Waals surface area contributed by atoms with E-state index >= 15 is 0 Å². The minimum Gasteiger partial charge on any atom is -0.494 e. The fourth-order valence-corrected chi connectivity index (χ4v) is 2.75. The lowest BCUT2D eigenvalue weighted by Gasteiger charge is -2.10. The zero-order valence-corrected chi connectivity index (χ0v) is 14.7. The Balaban J connectivity index is 1.77. The van der Waals surface area contributed by atoms with E-state index in [1.54, 1.807) is 10.9 Å². The molecule has 0 amide bonds. The number of rotatable bonds is 8. The molecule has 25 heavy (non-hydrogen) atoms. The van der Waals surface area contributed by atoms with E-state index in [-0.39, 0.29) is 6.61 Å². The Morgan fingerprint density at radius 2 is 1.96 bits per heavy atom. The molecule has 0 saturated carbocycles. The van der Waals surface area contributed by atoms with E-state index < -0.39 is 0 Å². The van der Waals surface area contributed by atoms with Gasteiger partial charge in [-0.2, -0.15) is 5.10 Å². The summed E-state index contributed by atoms with van der Waals surface area (Å²) < 4.78 is 7.53. The van der Waals surface area contributed by atoms with Gasteiger partial charge in [-0.05, 0) is 56.9 Å². The van der Waals surface area contributed by atoms with Gasteiger partial charge in [0.1, 0.15) is 11.4 Å². The van der Waals surface area contributed by atoms with Crippen molar-refractivity contribution in [2.24, 2.45) is 0 Å².